The summed E-state index contributed by atoms with van der Waals surface area (Å²) in [7, 11) is 0. The number of hydrogen-bond donors (Lipinski definition) is 6. The molecule has 0 bridgehead atoms. The van der Waals surface area contributed by atoms with E-state index in [1.54, 1.807) is 0 Å². The van der Waals surface area contributed by atoms with Crippen LogP contribution < -0.4 is 33.6 Å². The second-order valence-electron chi connectivity index (χ2n) is 6.52. The molecule has 29 heavy (non-hydrogen) atoms. The molecule has 9 N–H and O–H groups in total. The summed E-state index contributed by atoms with van der Waals surface area (Å²) in [5.41, 5.74) is 2.27. The first kappa shape index (κ1) is 22.9. The zero-order valence-corrected chi connectivity index (χ0v) is 16.5. The van der Waals surface area contributed by atoms with Crippen molar-refractivity contribution in [3.05, 3.63) is 29.3 Å². The normalized spacial score (nSPS) is 14.7. The van der Waals surface area contributed by atoms with E-state index in [-0.39, 0.29) is 22.9 Å². The fraction of sp³-hybridized carbons (Fsp3) is 0.500. The number of hydrazine groups is 2. The van der Waals surface area contributed by atoms with E-state index in [0.29, 0.717) is 11.8 Å². The van der Waals surface area contributed by atoms with Crippen molar-refractivity contribution in [2.75, 3.05) is 29.1 Å². The molecule has 0 amide bonds. The Morgan fingerprint density at radius 1 is 0.897 bits per heavy atom. The average Bonchev–Trinajstić information content (AvgIpc) is 3.65. The molecular formula is C16H25ClF2N10. The van der Waals surface area contributed by atoms with Crippen LogP contribution in [0.1, 0.15) is 25.7 Å². The van der Waals surface area contributed by atoms with Gasteiger partial charge in [0.1, 0.15) is 0 Å². The summed E-state index contributed by atoms with van der Waals surface area (Å²) >= 11 is 5.52. The highest BCUT2D eigenvalue weighted by molar-refractivity contribution is 6.28. The lowest BCUT2D eigenvalue weighted by Crippen LogP contribution is -2.13. The van der Waals surface area contributed by atoms with Gasteiger partial charge in [-0.1, -0.05) is 0 Å². The van der Waals surface area contributed by atoms with Crippen LogP contribution in [0.4, 0.5) is 26.4 Å². The molecule has 0 atom stereocenters. The SMILES string of the molecule is Fc1cnc(Cl)nc1NCC1CC1.NN.NNc1ncc(F)c(NCC2CC2)n1. The van der Waals surface area contributed by atoms with Crippen molar-refractivity contribution in [3.63, 3.8) is 0 Å². The standard InChI is InChI=1S/C8H9ClFN3.C8H12FN5.H4N2/c9-8-12-4-6(10)7(13-8)11-3-5-1-2-5;9-6-4-12-8(14-10)13-7(6)11-3-5-1-2-5;1-2/h4-5H,1-3H2,(H,11,12,13);4-5H,1-3,10H2,(H2,11,12,13,14);1-2H2. The number of nitrogens with two attached hydrogens (primary N) is 3. The van der Waals surface area contributed by atoms with Crippen LogP contribution in [-0.4, -0.2) is 33.0 Å². The third-order valence-electron chi connectivity index (χ3n) is 4.10. The summed E-state index contributed by atoms with van der Waals surface area (Å²) in [5.74, 6) is 14.2. The maximum Gasteiger partial charge on any atom is 0.239 e. The first-order valence-electron chi connectivity index (χ1n) is 9.03. The van der Waals surface area contributed by atoms with Crippen LogP contribution in [0, 0.1) is 23.5 Å². The fourth-order valence-electron chi connectivity index (χ4n) is 2.16. The van der Waals surface area contributed by atoms with Gasteiger partial charge in [-0.05, 0) is 49.1 Å². The predicted molar refractivity (Wildman–Crippen MR) is 108 cm³/mol. The van der Waals surface area contributed by atoms with Gasteiger partial charge in [0, 0.05) is 13.1 Å². The Kier molecular flexibility index (Phi) is 9.12. The maximum atomic E-state index is 13.1. The van der Waals surface area contributed by atoms with Crippen molar-refractivity contribution in [2.45, 2.75) is 25.7 Å². The maximum absolute atomic E-state index is 13.1. The number of aromatic nitrogens is 4. The quantitative estimate of drug-likeness (QED) is 0.216. The van der Waals surface area contributed by atoms with Crippen LogP contribution >= 0.6 is 11.6 Å². The van der Waals surface area contributed by atoms with Gasteiger partial charge in [0.25, 0.3) is 0 Å². The van der Waals surface area contributed by atoms with Crippen molar-refractivity contribution in [2.24, 2.45) is 29.4 Å². The van der Waals surface area contributed by atoms with Crippen LogP contribution in [0.25, 0.3) is 0 Å². The average molecular weight is 431 g/mol. The van der Waals surface area contributed by atoms with Crippen LogP contribution in [0.15, 0.2) is 12.4 Å². The molecule has 2 aromatic heterocycles. The topological polar surface area (TPSA) is 166 Å². The highest BCUT2D eigenvalue weighted by Gasteiger charge is 2.22. The Balaban J connectivity index is 0.000000191. The van der Waals surface area contributed by atoms with E-state index in [2.05, 4.69) is 47.7 Å². The lowest BCUT2D eigenvalue weighted by molar-refractivity contribution is 0.615. The van der Waals surface area contributed by atoms with Gasteiger partial charge >= 0.3 is 0 Å². The minimum Gasteiger partial charge on any atom is -0.367 e. The molecule has 13 heteroatoms. The van der Waals surface area contributed by atoms with Crippen LogP contribution in [-0.2, 0) is 0 Å². The predicted octanol–water partition coefficient (Wildman–Crippen LogP) is 1.63. The van der Waals surface area contributed by atoms with Gasteiger partial charge in [-0.25, -0.2) is 24.6 Å². The van der Waals surface area contributed by atoms with E-state index in [1.165, 1.54) is 25.7 Å². The lowest BCUT2D eigenvalue weighted by Gasteiger charge is -2.06. The molecular weight excluding hydrogens is 406 g/mol. The first-order chi connectivity index (χ1) is 14.0. The Labute approximate surface area is 172 Å². The molecule has 2 saturated carbocycles. The summed E-state index contributed by atoms with van der Waals surface area (Å²) in [4.78, 5) is 14.8. The summed E-state index contributed by atoms with van der Waals surface area (Å²) in [6.07, 6.45) is 7.02. The zero-order chi connectivity index (χ0) is 21.2. The minimum atomic E-state index is -0.454. The second kappa shape index (κ2) is 11.6. The van der Waals surface area contributed by atoms with Crippen molar-refractivity contribution in [3.8, 4) is 0 Å². The van der Waals surface area contributed by atoms with E-state index in [1.807, 2.05) is 0 Å². The van der Waals surface area contributed by atoms with Crippen molar-refractivity contribution in [1.29, 1.82) is 0 Å². The third-order valence-corrected chi connectivity index (χ3v) is 4.28. The van der Waals surface area contributed by atoms with Crippen LogP contribution in [0.2, 0.25) is 5.28 Å². The molecule has 0 saturated heterocycles. The van der Waals surface area contributed by atoms with Gasteiger partial charge in [-0.2, -0.15) is 9.97 Å². The Bertz CT molecular complexity index is 773. The molecule has 4 rings (SSSR count). The summed E-state index contributed by atoms with van der Waals surface area (Å²) in [6.45, 7) is 1.53. The van der Waals surface area contributed by atoms with Gasteiger partial charge in [0.2, 0.25) is 11.2 Å². The molecule has 0 aliphatic heterocycles. The third kappa shape index (κ3) is 8.23. The minimum absolute atomic E-state index is 0.0692. The van der Waals surface area contributed by atoms with Gasteiger partial charge in [-0.3, -0.25) is 17.1 Å². The van der Waals surface area contributed by atoms with Gasteiger partial charge in [-0.15, -0.1) is 0 Å². The first-order valence-corrected chi connectivity index (χ1v) is 9.41. The summed E-state index contributed by atoms with van der Waals surface area (Å²) in [5, 5.41) is 5.90. The summed E-state index contributed by atoms with van der Waals surface area (Å²) in [6, 6.07) is 0. The van der Waals surface area contributed by atoms with Crippen molar-refractivity contribution < 1.29 is 8.78 Å². The molecule has 2 heterocycles. The van der Waals surface area contributed by atoms with Gasteiger partial charge in [0.15, 0.2) is 23.3 Å². The van der Waals surface area contributed by atoms with Gasteiger partial charge < -0.3 is 10.6 Å². The Morgan fingerprint density at radius 3 is 1.86 bits per heavy atom. The molecule has 2 aliphatic rings. The Morgan fingerprint density at radius 2 is 1.38 bits per heavy atom. The number of nitrogens with one attached hydrogen (secondary N) is 3. The number of hydrogen-bond acceptors (Lipinski definition) is 10. The highest BCUT2D eigenvalue weighted by atomic mass is 35.5. The largest absolute Gasteiger partial charge is 0.367 e. The second-order valence-corrected chi connectivity index (χ2v) is 6.86. The monoisotopic (exact) mass is 430 g/mol. The number of halogens is 3. The molecule has 0 radical (unpaired) electrons. The van der Waals surface area contributed by atoms with E-state index in [9.17, 15) is 8.78 Å². The molecule has 2 aromatic rings. The molecule has 160 valence electrons. The highest BCUT2D eigenvalue weighted by Crippen LogP contribution is 2.29. The van der Waals surface area contributed by atoms with Crippen LogP contribution in [0.3, 0.4) is 0 Å². The van der Waals surface area contributed by atoms with E-state index < -0.39 is 11.6 Å². The smallest absolute Gasteiger partial charge is 0.239 e. The van der Waals surface area contributed by atoms with Crippen LogP contribution in [0.5, 0.6) is 0 Å². The molecule has 0 unspecified atom stereocenters. The van der Waals surface area contributed by atoms with Crippen molar-refractivity contribution in [1.82, 2.24) is 19.9 Å². The molecule has 2 aliphatic carbocycles. The molecule has 0 spiro atoms. The van der Waals surface area contributed by atoms with Gasteiger partial charge in [0.05, 0.1) is 12.4 Å². The van der Waals surface area contributed by atoms with E-state index in [4.69, 9.17) is 17.4 Å². The lowest BCUT2D eigenvalue weighted by atomic mass is 10.4. The molecule has 0 aromatic carbocycles. The van der Waals surface area contributed by atoms with E-state index in [0.717, 1.165) is 25.5 Å². The number of nitrogens with zero attached hydrogens (tertiary/aromatic N) is 4. The number of nitrogen functional groups attached to an aromatic ring is 1. The fourth-order valence-corrected chi connectivity index (χ4v) is 2.29. The number of anilines is 3. The Hall–Kier alpha value is -2.41. The zero-order valence-electron chi connectivity index (χ0n) is 15.7. The van der Waals surface area contributed by atoms with E-state index >= 15 is 0 Å². The summed E-state index contributed by atoms with van der Waals surface area (Å²) < 4.78 is 26.1. The molecule has 10 nitrogen and oxygen atoms in total. The number of rotatable bonds is 7. The van der Waals surface area contributed by atoms with Crippen molar-refractivity contribution >= 4 is 29.2 Å². The molecule has 2 fully saturated rings.